The predicted octanol–water partition coefficient (Wildman–Crippen LogP) is 0.372. The highest BCUT2D eigenvalue weighted by atomic mass is 16.5. The van der Waals surface area contributed by atoms with Crippen LogP contribution in [0.15, 0.2) is 16.8 Å². The molecule has 1 aliphatic rings. The molecule has 0 radical (unpaired) electrons. The van der Waals surface area contributed by atoms with E-state index in [1.54, 1.807) is 6.20 Å². The Morgan fingerprint density at radius 2 is 2.14 bits per heavy atom. The van der Waals surface area contributed by atoms with Gasteiger partial charge in [-0.15, -0.1) is 0 Å². The van der Waals surface area contributed by atoms with Crippen LogP contribution in [-0.2, 0) is 19.4 Å². The van der Waals surface area contributed by atoms with Gasteiger partial charge >= 0.3 is 11.8 Å². The second kappa shape index (κ2) is 5.92. The Kier molecular flexibility index (Phi) is 3.82. The molecule has 0 aliphatic heterocycles. The van der Waals surface area contributed by atoms with Gasteiger partial charge < -0.3 is 15.6 Å². The summed E-state index contributed by atoms with van der Waals surface area (Å²) in [7, 11) is 0. The van der Waals surface area contributed by atoms with Gasteiger partial charge in [-0.05, 0) is 37.3 Å². The standard InChI is InChI=1S/C14H15N5O3/c15-12(20)14-18-11(19-22-14)7-17-13(21)9-5-8-3-1-2-4-10(8)16-6-9/h5-6H,1-4,7H2,(H2,15,20)(H,17,21). The van der Waals surface area contributed by atoms with E-state index in [4.69, 9.17) is 5.73 Å². The van der Waals surface area contributed by atoms with Crippen LogP contribution in [0.1, 0.15) is 51.0 Å². The molecule has 0 fully saturated rings. The molecule has 2 aromatic rings. The molecule has 2 heterocycles. The zero-order chi connectivity index (χ0) is 15.5. The van der Waals surface area contributed by atoms with Crippen LogP contribution in [0.5, 0.6) is 0 Å². The number of nitrogens with zero attached hydrogens (tertiary/aromatic N) is 3. The number of hydrogen-bond donors (Lipinski definition) is 2. The van der Waals surface area contributed by atoms with E-state index in [1.165, 1.54) is 0 Å². The molecule has 0 saturated heterocycles. The first kappa shape index (κ1) is 14.2. The van der Waals surface area contributed by atoms with Crippen LogP contribution in [0, 0.1) is 0 Å². The Morgan fingerprint density at radius 3 is 2.91 bits per heavy atom. The quantitative estimate of drug-likeness (QED) is 0.840. The molecule has 114 valence electrons. The summed E-state index contributed by atoms with van der Waals surface area (Å²) in [5.74, 6) is -1.16. The number of carbonyl (C=O) groups is 2. The topological polar surface area (TPSA) is 124 Å². The van der Waals surface area contributed by atoms with Crippen molar-refractivity contribution in [2.24, 2.45) is 5.73 Å². The van der Waals surface area contributed by atoms with Crippen LogP contribution in [-0.4, -0.2) is 26.9 Å². The first-order chi connectivity index (χ1) is 10.6. The zero-order valence-electron chi connectivity index (χ0n) is 11.8. The minimum Gasteiger partial charge on any atom is -0.361 e. The normalized spacial score (nSPS) is 13.5. The summed E-state index contributed by atoms with van der Waals surface area (Å²) >= 11 is 0. The molecule has 1 aliphatic carbocycles. The number of rotatable bonds is 4. The highest BCUT2D eigenvalue weighted by molar-refractivity contribution is 5.94. The fraction of sp³-hybridized carbons (Fsp3) is 0.357. The van der Waals surface area contributed by atoms with E-state index in [1.807, 2.05) is 6.07 Å². The summed E-state index contributed by atoms with van der Waals surface area (Å²) in [6.07, 6.45) is 5.76. The van der Waals surface area contributed by atoms with Gasteiger partial charge in [0, 0.05) is 11.9 Å². The number of aryl methyl sites for hydroxylation is 2. The van der Waals surface area contributed by atoms with Crippen LogP contribution < -0.4 is 11.1 Å². The minimum atomic E-state index is -0.802. The van der Waals surface area contributed by atoms with Gasteiger partial charge in [-0.2, -0.15) is 4.98 Å². The molecular formula is C14H15N5O3. The van der Waals surface area contributed by atoms with Gasteiger partial charge in [-0.1, -0.05) is 5.16 Å². The molecule has 0 unspecified atom stereocenters. The molecule has 2 aromatic heterocycles. The van der Waals surface area contributed by atoms with Crippen LogP contribution in [0.4, 0.5) is 0 Å². The number of carbonyl (C=O) groups excluding carboxylic acids is 2. The molecular weight excluding hydrogens is 286 g/mol. The lowest BCUT2D eigenvalue weighted by Gasteiger charge is -2.15. The third-order valence-corrected chi connectivity index (χ3v) is 3.52. The number of aromatic nitrogens is 3. The molecule has 0 aromatic carbocycles. The first-order valence-corrected chi connectivity index (χ1v) is 7.02. The summed E-state index contributed by atoms with van der Waals surface area (Å²) in [4.78, 5) is 31.1. The highest BCUT2D eigenvalue weighted by Gasteiger charge is 2.15. The second-order valence-corrected chi connectivity index (χ2v) is 5.10. The number of fused-ring (bicyclic) bond motifs is 1. The Morgan fingerprint density at radius 1 is 1.32 bits per heavy atom. The second-order valence-electron chi connectivity index (χ2n) is 5.10. The highest BCUT2D eigenvalue weighted by Crippen LogP contribution is 2.19. The largest absolute Gasteiger partial charge is 0.361 e. The van der Waals surface area contributed by atoms with Gasteiger partial charge in [0.2, 0.25) is 0 Å². The number of nitrogens with two attached hydrogens (primary N) is 1. The maximum atomic E-state index is 12.1. The number of hydrogen-bond acceptors (Lipinski definition) is 6. The van der Waals surface area contributed by atoms with Crippen molar-refractivity contribution in [1.82, 2.24) is 20.4 Å². The number of primary amides is 1. The maximum Gasteiger partial charge on any atom is 0.315 e. The first-order valence-electron chi connectivity index (χ1n) is 7.02. The molecule has 0 bridgehead atoms. The monoisotopic (exact) mass is 301 g/mol. The van der Waals surface area contributed by atoms with Crippen molar-refractivity contribution in [1.29, 1.82) is 0 Å². The van der Waals surface area contributed by atoms with E-state index in [0.29, 0.717) is 5.56 Å². The van der Waals surface area contributed by atoms with Gasteiger partial charge in [0.15, 0.2) is 5.82 Å². The van der Waals surface area contributed by atoms with Gasteiger partial charge in [0.1, 0.15) is 0 Å². The zero-order valence-corrected chi connectivity index (χ0v) is 11.8. The van der Waals surface area contributed by atoms with Crippen molar-refractivity contribution < 1.29 is 14.1 Å². The summed E-state index contributed by atoms with van der Waals surface area (Å²) in [5, 5.41) is 6.21. The smallest absolute Gasteiger partial charge is 0.315 e. The van der Waals surface area contributed by atoms with Crippen molar-refractivity contribution in [3.05, 3.63) is 40.8 Å². The van der Waals surface area contributed by atoms with E-state index in [2.05, 4.69) is 25.0 Å². The Hall–Kier alpha value is -2.77. The average Bonchev–Trinajstić information content (AvgIpc) is 3.01. The molecule has 2 amide bonds. The third-order valence-electron chi connectivity index (χ3n) is 3.52. The molecule has 8 heteroatoms. The molecule has 0 saturated carbocycles. The maximum absolute atomic E-state index is 12.1. The lowest BCUT2D eigenvalue weighted by atomic mass is 9.95. The predicted molar refractivity (Wildman–Crippen MR) is 74.9 cm³/mol. The lowest BCUT2D eigenvalue weighted by Crippen LogP contribution is -2.24. The van der Waals surface area contributed by atoms with E-state index >= 15 is 0 Å². The van der Waals surface area contributed by atoms with Crippen LogP contribution >= 0.6 is 0 Å². The Labute approximate surface area is 126 Å². The molecule has 0 atom stereocenters. The molecule has 0 spiro atoms. The van der Waals surface area contributed by atoms with Crippen molar-refractivity contribution in [3.63, 3.8) is 0 Å². The molecule has 3 rings (SSSR count). The van der Waals surface area contributed by atoms with Crippen molar-refractivity contribution in [3.8, 4) is 0 Å². The number of amides is 2. The summed E-state index contributed by atoms with van der Waals surface area (Å²) in [5.41, 5.74) is 7.72. The van der Waals surface area contributed by atoms with Crippen molar-refractivity contribution in [2.45, 2.75) is 32.2 Å². The molecule has 3 N–H and O–H groups in total. The third kappa shape index (κ3) is 2.95. The van der Waals surface area contributed by atoms with E-state index in [9.17, 15) is 9.59 Å². The van der Waals surface area contributed by atoms with E-state index in [-0.39, 0.29) is 24.2 Å². The van der Waals surface area contributed by atoms with Gasteiger partial charge in [0.25, 0.3) is 5.91 Å². The fourth-order valence-corrected chi connectivity index (χ4v) is 2.40. The SMILES string of the molecule is NC(=O)c1nc(CNC(=O)c2cnc3c(c2)CCCC3)no1. The number of nitrogens with one attached hydrogen (secondary N) is 1. The van der Waals surface area contributed by atoms with E-state index in [0.717, 1.165) is 36.9 Å². The van der Waals surface area contributed by atoms with Crippen LogP contribution in [0.25, 0.3) is 0 Å². The molecule has 8 nitrogen and oxygen atoms in total. The average molecular weight is 301 g/mol. The number of pyridine rings is 1. The summed E-state index contributed by atoms with van der Waals surface area (Å²) in [6, 6.07) is 1.88. The lowest BCUT2D eigenvalue weighted by molar-refractivity contribution is 0.0943. The Balaban J connectivity index is 1.65. The van der Waals surface area contributed by atoms with Gasteiger partial charge in [0.05, 0.1) is 12.1 Å². The molecule has 22 heavy (non-hydrogen) atoms. The summed E-state index contributed by atoms with van der Waals surface area (Å²) in [6.45, 7) is 0.0483. The summed E-state index contributed by atoms with van der Waals surface area (Å²) < 4.78 is 4.64. The van der Waals surface area contributed by atoms with Gasteiger partial charge in [-0.25, -0.2) is 0 Å². The fourth-order valence-electron chi connectivity index (χ4n) is 2.40. The van der Waals surface area contributed by atoms with Gasteiger partial charge in [-0.3, -0.25) is 14.6 Å². The van der Waals surface area contributed by atoms with Crippen molar-refractivity contribution >= 4 is 11.8 Å². The van der Waals surface area contributed by atoms with E-state index < -0.39 is 5.91 Å². The Bertz CT molecular complexity index is 725. The minimum absolute atomic E-state index is 0.0483. The van der Waals surface area contributed by atoms with Crippen LogP contribution in [0.3, 0.4) is 0 Å². The van der Waals surface area contributed by atoms with Crippen LogP contribution in [0.2, 0.25) is 0 Å². The van der Waals surface area contributed by atoms with Crippen molar-refractivity contribution in [2.75, 3.05) is 0 Å².